The fourth-order valence-electron chi connectivity index (χ4n) is 11.4. The van der Waals surface area contributed by atoms with Gasteiger partial charge in [0.05, 0.1) is 5.60 Å². The van der Waals surface area contributed by atoms with E-state index in [0.717, 1.165) is 32.1 Å². The van der Waals surface area contributed by atoms with Crippen LogP contribution in [-0.4, -0.2) is 22.8 Å². The Balaban J connectivity index is 1.50. The second-order valence-electron chi connectivity index (χ2n) is 14.7. The summed E-state index contributed by atoms with van der Waals surface area (Å²) in [4.78, 5) is 11.9. The fourth-order valence-corrected chi connectivity index (χ4v) is 11.4. The highest BCUT2D eigenvalue weighted by Crippen LogP contribution is 2.76. The molecule has 0 aromatic heterocycles. The largest absolute Gasteiger partial charge is 0.462 e. The van der Waals surface area contributed by atoms with Gasteiger partial charge >= 0.3 is 5.97 Å². The van der Waals surface area contributed by atoms with Crippen LogP contribution in [0.25, 0.3) is 0 Å². The predicted octanol–water partition coefficient (Wildman–Crippen LogP) is 7.32. The van der Waals surface area contributed by atoms with Crippen LogP contribution in [-0.2, 0) is 9.53 Å². The number of aliphatic hydroxyl groups is 1. The van der Waals surface area contributed by atoms with Gasteiger partial charge in [-0.2, -0.15) is 0 Å². The zero-order valence-electron chi connectivity index (χ0n) is 23.0. The number of rotatable bonds is 1. The Hall–Kier alpha value is -0.830. The number of carbonyl (C=O) groups excluding carboxylic acids is 1. The Bertz CT molecular complexity index is 876. The van der Waals surface area contributed by atoms with E-state index < -0.39 is 5.60 Å². The van der Waals surface area contributed by atoms with Gasteiger partial charge in [-0.25, -0.2) is 0 Å². The number of allylic oxidation sites excluding steroid dienone is 1. The van der Waals surface area contributed by atoms with E-state index in [1.807, 2.05) is 0 Å². The summed E-state index contributed by atoms with van der Waals surface area (Å²) in [6.45, 7) is 21.0. The van der Waals surface area contributed by atoms with Crippen LogP contribution in [0.15, 0.2) is 12.2 Å². The Morgan fingerprint density at radius 1 is 0.912 bits per heavy atom. The highest BCUT2D eigenvalue weighted by Gasteiger charge is 2.70. The molecule has 5 fully saturated rings. The molecule has 10 unspecified atom stereocenters. The van der Waals surface area contributed by atoms with Crippen molar-refractivity contribution in [2.75, 3.05) is 0 Å². The number of hydrogen-bond acceptors (Lipinski definition) is 3. The van der Waals surface area contributed by atoms with Crippen molar-refractivity contribution in [1.29, 1.82) is 0 Å². The second-order valence-corrected chi connectivity index (χ2v) is 14.7. The van der Waals surface area contributed by atoms with Crippen LogP contribution in [0.2, 0.25) is 0 Å². The first-order valence-corrected chi connectivity index (χ1v) is 14.3. The predicted molar refractivity (Wildman–Crippen MR) is 137 cm³/mol. The van der Waals surface area contributed by atoms with Crippen molar-refractivity contribution in [3.8, 4) is 0 Å². The molecule has 0 heterocycles. The van der Waals surface area contributed by atoms with Crippen molar-refractivity contribution >= 4 is 5.97 Å². The van der Waals surface area contributed by atoms with Crippen LogP contribution >= 0.6 is 0 Å². The van der Waals surface area contributed by atoms with E-state index in [0.29, 0.717) is 35.0 Å². The summed E-state index contributed by atoms with van der Waals surface area (Å²) in [5.41, 5.74) is 1.75. The molecule has 0 radical (unpaired) electrons. The Labute approximate surface area is 208 Å². The van der Waals surface area contributed by atoms with E-state index in [9.17, 15) is 9.90 Å². The molecule has 1 N–H and O–H groups in total. The van der Waals surface area contributed by atoms with E-state index in [2.05, 4.69) is 48.1 Å². The summed E-state index contributed by atoms with van der Waals surface area (Å²) in [5.74, 6) is 2.54. The molecule has 5 saturated carbocycles. The SMILES string of the molecule is C=C1CCC2(O)CCC3(C)C(CCC4C5(C)CCC(OC(C)=O)C(C)(C)C5CCC43C)C2C1C. The minimum absolute atomic E-state index is 0.0141. The molecular weight excluding hydrogens is 420 g/mol. The van der Waals surface area contributed by atoms with Gasteiger partial charge in [-0.15, -0.1) is 0 Å². The fraction of sp³-hybridized carbons (Fsp3) is 0.903. The third-order valence-electron chi connectivity index (χ3n) is 13.4. The van der Waals surface area contributed by atoms with Gasteiger partial charge in [-0.05, 0) is 110 Å². The summed E-state index contributed by atoms with van der Waals surface area (Å²) in [6, 6.07) is 0. The van der Waals surface area contributed by atoms with Gasteiger partial charge in [-0.1, -0.05) is 53.7 Å². The van der Waals surface area contributed by atoms with E-state index >= 15 is 0 Å². The second kappa shape index (κ2) is 7.59. The Kier molecular flexibility index (Phi) is 5.55. The maximum Gasteiger partial charge on any atom is 0.302 e. The molecule has 0 aromatic rings. The van der Waals surface area contributed by atoms with Crippen LogP contribution in [0.1, 0.15) is 113 Å². The van der Waals surface area contributed by atoms with Crippen molar-refractivity contribution in [2.45, 2.75) is 124 Å². The van der Waals surface area contributed by atoms with Gasteiger partial charge in [-0.3, -0.25) is 4.79 Å². The summed E-state index contributed by atoms with van der Waals surface area (Å²) < 4.78 is 5.88. The quantitative estimate of drug-likeness (QED) is 0.322. The molecule has 192 valence electrons. The first-order chi connectivity index (χ1) is 15.7. The number of fused-ring (bicyclic) bond motifs is 7. The molecular formula is C31H50O3. The van der Waals surface area contributed by atoms with Crippen LogP contribution in [0.3, 0.4) is 0 Å². The summed E-state index contributed by atoms with van der Waals surface area (Å²) in [6.07, 6.45) is 11.3. The maximum atomic E-state index is 11.9. The molecule has 5 rings (SSSR count). The molecule has 0 bridgehead atoms. The molecule has 10 atom stereocenters. The summed E-state index contributed by atoms with van der Waals surface area (Å²) in [5, 5.41) is 11.8. The standard InChI is InChI=1S/C31H50O3/c1-19-11-16-31(33)18-17-29(7)22(26(31)20(19)2)9-10-24-28(6)14-13-25(34-21(3)32)27(4,5)23(28)12-15-30(24,29)8/h20,22-26,33H,1,9-18H2,2-8H3. The van der Waals surface area contributed by atoms with Gasteiger partial charge in [0.1, 0.15) is 6.10 Å². The molecule has 0 saturated heterocycles. The molecule has 0 spiro atoms. The number of hydrogen-bond donors (Lipinski definition) is 1. The third kappa shape index (κ3) is 3.07. The smallest absolute Gasteiger partial charge is 0.302 e. The minimum atomic E-state index is -0.487. The molecule has 0 aromatic carbocycles. The number of esters is 1. The van der Waals surface area contributed by atoms with E-state index in [-0.39, 0.29) is 28.3 Å². The highest BCUT2D eigenvalue weighted by atomic mass is 16.5. The van der Waals surface area contributed by atoms with Crippen molar-refractivity contribution in [1.82, 2.24) is 0 Å². The molecule has 0 aliphatic heterocycles. The van der Waals surface area contributed by atoms with E-state index in [1.54, 1.807) is 6.92 Å². The van der Waals surface area contributed by atoms with Crippen molar-refractivity contribution in [3.63, 3.8) is 0 Å². The molecule has 34 heavy (non-hydrogen) atoms. The zero-order chi connectivity index (χ0) is 24.9. The van der Waals surface area contributed by atoms with E-state index in [4.69, 9.17) is 4.74 Å². The lowest BCUT2D eigenvalue weighted by Gasteiger charge is -2.73. The minimum Gasteiger partial charge on any atom is -0.462 e. The van der Waals surface area contributed by atoms with E-state index in [1.165, 1.54) is 37.7 Å². The average Bonchev–Trinajstić information content (AvgIpc) is 2.74. The Morgan fingerprint density at radius 3 is 2.29 bits per heavy atom. The molecule has 3 nitrogen and oxygen atoms in total. The summed E-state index contributed by atoms with van der Waals surface area (Å²) in [7, 11) is 0. The molecule has 0 amide bonds. The highest BCUT2D eigenvalue weighted by molar-refractivity contribution is 5.66. The van der Waals surface area contributed by atoms with Crippen LogP contribution in [0, 0.1) is 51.2 Å². The van der Waals surface area contributed by atoms with Gasteiger partial charge in [0.15, 0.2) is 0 Å². The first-order valence-electron chi connectivity index (χ1n) is 14.3. The molecule has 5 aliphatic carbocycles. The monoisotopic (exact) mass is 470 g/mol. The van der Waals surface area contributed by atoms with Gasteiger partial charge in [0.2, 0.25) is 0 Å². The third-order valence-corrected chi connectivity index (χ3v) is 13.4. The van der Waals surface area contributed by atoms with Crippen LogP contribution in [0.5, 0.6) is 0 Å². The lowest BCUT2D eigenvalue weighted by Crippen LogP contribution is -2.68. The van der Waals surface area contributed by atoms with Crippen LogP contribution in [0.4, 0.5) is 0 Å². The zero-order valence-corrected chi connectivity index (χ0v) is 23.0. The van der Waals surface area contributed by atoms with Gasteiger partial charge < -0.3 is 9.84 Å². The number of carbonyl (C=O) groups is 1. The van der Waals surface area contributed by atoms with Crippen LogP contribution < -0.4 is 0 Å². The topological polar surface area (TPSA) is 46.5 Å². The molecule has 5 aliphatic rings. The normalized spacial score (nSPS) is 54.2. The lowest BCUT2D eigenvalue weighted by atomic mass is 9.32. The van der Waals surface area contributed by atoms with Crippen molar-refractivity contribution < 1.29 is 14.6 Å². The van der Waals surface area contributed by atoms with Gasteiger partial charge in [0, 0.05) is 12.3 Å². The Morgan fingerprint density at radius 2 is 1.62 bits per heavy atom. The first kappa shape index (κ1) is 24.8. The van der Waals surface area contributed by atoms with Gasteiger partial charge in [0.25, 0.3) is 0 Å². The van der Waals surface area contributed by atoms with Crippen molar-refractivity contribution in [2.24, 2.45) is 51.2 Å². The summed E-state index contributed by atoms with van der Waals surface area (Å²) >= 11 is 0. The number of ether oxygens (including phenoxy) is 1. The lowest BCUT2D eigenvalue weighted by molar-refractivity contribution is -0.263. The maximum absolute atomic E-state index is 11.9. The van der Waals surface area contributed by atoms with Crippen molar-refractivity contribution in [3.05, 3.63) is 12.2 Å². The molecule has 3 heteroatoms. The average molecular weight is 471 g/mol.